The van der Waals surface area contributed by atoms with E-state index in [1.165, 1.54) is 6.42 Å². The van der Waals surface area contributed by atoms with Crippen molar-refractivity contribution in [3.63, 3.8) is 0 Å². The van der Waals surface area contributed by atoms with Crippen molar-refractivity contribution in [3.8, 4) is 0 Å². The molecule has 0 amide bonds. The summed E-state index contributed by atoms with van der Waals surface area (Å²) in [7, 11) is 0. The predicted molar refractivity (Wildman–Crippen MR) is 66.8 cm³/mol. The van der Waals surface area contributed by atoms with Crippen molar-refractivity contribution >= 4 is 11.6 Å². The van der Waals surface area contributed by atoms with Crippen molar-refractivity contribution in [2.24, 2.45) is 0 Å². The van der Waals surface area contributed by atoms with Gasteiger partial charge in [0, 0.05) is 11.1 Å². The first-order valence-corrected chi connectivity index (χ1v) is 6.30. The third-order valence-electron chi connectivity index (χ3n) is 3.23. The van der Waals surface area contributed by atoms with Gasteiger partial charge in [0.25, 0.3) is 0 Å². The Balaban J connectivity index is 1.84. The van der Waals surface area contributed by atoms with E-state index in [9.17, 15) is 5.11 Å². The highest BCUT2D eigenvalue weighted by Gasteiger charge is 2.22. The van der Waals surface area contributed by atoms with Gasteiger partial charge in [-0.15, -0.1) is 0 Å². The van der Waals surface area contributed by atoms with E-state index < -0.39 is 0 Å². The molecule has 1 aliphatic rings. The number of benzene rings is 1. The second-order valence-electron chi connectivity index (χ2n) is 4.40. The lowest BCUT2D eigenvalue weighted by molar-refractivity contribution is 0.127. The fourth-order valence-electron chi connectivity index (χ4n) is 2.25. The maximum absolute atomic E-state index is 10.00. The summed E-state index contributed by atoms with van der Waals surface area (Å²) in [5.74, 6) is 0. The monoisotopic (exact) mass is 239 g/mol. The third-order valence-corrected chi connectivity index (χ3v) is 3.60. The summed E-state index contributed by atoms with van der Waals surface area (Å²) < 4.78 is 0. The van der Waals surface area contributed by atoms with Gasteiger partial charge in [-0.3, -0.25) is 0 Å². The number of hydrogen-bond acceptors (Lipinski definition) is 2. The van der Waals surface area contributed by atoms with Gasteiger partial charge in [0.15, 0.2) is 0 Å². The Morgan fingerprint density at radius 1 is 1.44 bits per heavy atom. The molecule has 0 aliphatic carbocycles. The van der Waals surface area contributed by atoms with Crippen LogP contribution in [0.4, 0.5) is 0 Å². The highest BCUT2D eigenvalue weighted by atomic mass is 35.5. The molecule has 88 valence electrons. The number of aliphatic hydroxyl groups is 1. The zero-order chi connectivity index (χ0) is 11.4. The van der Waals surface area contributed by atoms with E-state index in [0.29, 0.717) is 0 Å². The van der Waals surface area contributed by atoms with Gasteiger partial charge in [0.05, 0.1) is 6.10 Å². The van der Waals surface area contributed by atoms with E-state index in [0.717, 1.165) is 36.4 Å². The number of aliphatic hydroxyl groups excluding tert-OH is 1. The van der Waals surface area contributed by atoms with Crippen LogP contribution in [0.3, 0.4) is 0 Å². The van der Waals surface area contributed by atoms with E-state index in [-0.39, 0.29) is 12.1 Å². The minimum absolute atomic E-state index is 0.251. The molecule has 2 unspecified atom stereocenters. The molecule has 1 aliphatic heterocycles. The van der Waals surface area contributed by atoms with Crippen LogP contribution in [-0.2, 0) is 6.42 Å². The molecule has 3 heteroatoms. The van der Waals surface area contributed by atoms with Crippen molar-refractivity contribution in [2.75, 3.05) is 6.54 Å². The molecule has 16 heavy (non-hydrogen) atoms. The SMILES string of the molecule is OC(CCc1ccccc1Cl)C1CCCN1. The normalized spacial score (nSPS) is 22.2. The van der Waals surface area contributed by atoms with E-state index in [1.54, 1.807) is 0 Å². The molecule has 0 aromatic heterocycles. The molecule has 0 radical (unpaired) electrons. The predicted octanol–water partition coefficient (Wildman–Crippen LogP) is 2.39. The Morgan fingerprint density at radius 3 is 2.94 bits per heavy atom. The second-order valence-corrected chi connectivity index (χ2v) is 4.81. The molecule has 2 nitrogen and oxygen atoms in total. The quantitative estimate of drug-likeness (QED) is 0.846. The van der Waals surface area contributed by atoms with Crippen molar-refractivity contribution in [3.05, 3.63) is 34.9 Å². The lowest BCUT2D eigenvalue weighted by atomic mass is 10.0. The van der Waals surface area contributed by atoms with E-state index >= 15 is 0 Å². The zero-order valence-corrected chi connectivity index (χ0v) is 10.1. The largest absolute Gasteiger partial charge is 0.391 e. The molecule has 0 bridgehead atoms. The standard InChI is InChI=1S/C13H18ClNO/c14-11-5-2-1-4-10(11)7-8-13(16)12-6-3-9-15-12/h1-2,4-5,12-13,15-16H,3,6-9H2. The summed E-state index contributed by atoms with van der Waals surface area (Å²) in [4.78, 5) is 0. The van der Waals surface area contributed by atoms with Crippen molar-refractivity contribution in [1.82, 2.24) is 5.32 Å². The smallest absolute Gasteiger partial charge is 0.0696 e. The average molecular weight is 240 g/mol. The fraction of sp³-hybridized carbons (Fsp3) is 0.538. The van der Waals surface area contributed by atoms with Crippen LogP contribution in [0, 0.1) is 0 Å². The Bertz CT molecular complexity index is 336. The van der Waals surface area contributed by atoms with Gasteiger partial charge in [-0.1, -0.05) is 29.8 Å². The van der Waals surface area contributed by atoms with E-state index in [2.05, 4.69) is 5.32 Å². The lowest BCUT2D eigenvalue weighted by Gasteiger charge is -2.18. The maximum Gasteiger partial charge on any atom is 0.0696 e. The number of rotatable bonds is 4. The minimum Gasteiger partial charge on any atom is -0.391 e. The first kappa shape index (κ1) is 11.9. The van der Waals surface area contributed by atoms with E-state index in [1.807, 2.05) is 24.3 Å². The third kappa shape index (κ3) is 2.97. The van der Waals surface area contributed by atoms with Crippen LogP contribution in [0.5, 0.6) is 0 Å². The molecule has 1 heterocycles. The summed E-state index contributed by atoms with van der Waals surface area (Å²) in [6.07, 6.45) is 3.64. The van der Waals surface area contributed by atoms with Crippen LogP contribution in [0.15, 0.2) is 24.3 Å². The summed E-state index contributed by atoms with van der Waals surface area (Å²) >= 11 is 6.07. The zero-order valence-electron chi connectivity index (χ0n) is 9.32. The van der Waals surface area contributed by atoms with Gasteiger partial charge in [-0.2, -0.15) is 0 Å². The average Bonchev–Trinajstić information content (AvgIpc) is 2.81. The Labute approximate surface area is 102 Å². The Morgan fingerprint density at radius 2 is 2.25 bits per heavy atom. The lowest BCUT2D eigenvalue weighted by Crippen LogP contribution is -2.34. The Kier molecular flexibility index (Phi) is 4.22. The van der Waals surface area contributed by atoms with Gasteiger partial charge in [0.1, 0.15) is 0 Å². The first-order chi connectivity index (χ1) is 7.77. The second kappa shape index (κ2) is 5.67. The highest BCUT2D eigenvalue weighted by molar-refractivity contribution is 6.31. The molecule has 2 N–H and O–H groups in total. The number of halogens is 1. The first-order valence-electron chi connectivity index (χ1n) is 5.92. The van der Waals surface area contributed by atoms with Crippen LogP contribution < -0.4 is 5.32 Å². The molecular weight excluding hydrogens is 222 g/mol. The van der Waals surface area contributed by atoms with Gasteiger partial charge < -0.3 is 10.4 Å². The topological polar surface area (TPSA) is 32.3 Å². The maximum atomic E-state index is 10.00. The van der Waals surface area contributed by atoms with Crippen LogP contribution >= 0.6 is 11.6 Å². The van der Waals surface area contributed by atoms with Gasteiger partial charge in [-0.05, 0) is 43.9 Å². The molecule has 0 saturated carbocycles. The van der Waals surface area contributed by atoms with E-state index in [4.69, 9.17) is 11.6 Å². The van der Waals surface area contributed by atoms with Crippen LogP contribution in [0.25, 0.3) is 0 Å². The molecule has 1 aromatic carbocycles. The minimum atomic E-state index is -0.251. The number of hydrogen-bond donors (Lipinski definition) is 2. The summed E-state index contributed by atoms with van der Waals surface area (Å²) in [5.41, 5.74) is 1.13. The summed E-state index contributed by atoms with van der Waals surface area (Å²) in [5, 5.41) is 14.1. The molecule has 2 rings (SSSR count). The molecule has 2 atom stereocenters. The molecule has 1 saturated heterocycles. The summed E-state index contributed by atoms with van der Waals surface area (Å²) in [6.45, 7) is 1.04. The number of nitrogens with one attached hydrogen (secondary N) is 1. The number of aryl methyl sites for hydroxylation is 1. The van der Waals surface area contributed by atoms with Crippen LogP contribution in [0.2, 0.25) is 5.02 Å². The van der Waals surface area contributed by atoms with Gasteiger partial charge >= 0.3 is 0 Å². The fourth-order valence-corrected chi connectivity index (χ4v) is 2.48. The Hall–Kier alpha value is -0.570. The van der Waals surface area contributed by atoms with Gasteiger partial charge in [-0.25, -0.2) is 0 Å². The highest BCUT2D eigenvalue weighted by Crippen LogP contribution is 2.19. The summed E-state index contributed by atoms with van der Waals surface area (Å²) in [6, 6.07) is 8.12. The molecular formula is C13H18ClNO. The van der Waals surface area contributed by atoms with Crippen molar-refractivity contribution < 1.29 is 5.11 Å². The van der Waals surface area contributed by atoms with Crippen molar-refractivity contribution in [1.29, 1.82) is 0 Å². The molecule has 0 spiro atoms. The molecule has 1 aromatic rings. The van der Waals surface area contributed by atoms with Gasteiger partial charge in [0.2, 0.25) is 0 Å². The molecule has 1 fully saturated rings. The van der Waals surface area contributed by atoms with Crippen LogP contribution in [-0.4, -0.2) is 23.8 Å². The van der Waals surface area contributed by atoms with Crippen molar-refractivity contribution in [2.45, 2.75) is 37.8 Å². The van der Waals surface area contributed by atoms with Crippen LogP contribution in [0.1, 0.15) is 24.8 Å².